The molecule has 0 radical (unpaired) electrons. The highest BCUT2D eigenvalue weighted by molar-refractivity contribution is 6.09. The minimum atomic E-state index is -0.639. The van der Waals surface area contributed by atoms with Gasteiger partial charge >= 0.3 is 5.69 Å². The summed E-state index contributed by atoms with van der Waals surface area (Å²) in [5, 5.41) is 9.15. The Kier molecular flexibility index (Phi) is 4.84. The van der Waals surface area contributed by atoms with Gasteiger partial charge in [0.25, 0.3) is 5.56 Å². The van der Waals surface area contributed by atoms with E-state index in [0.29, 0.717) is 17.5 Å². The van der Waals surface area contributed by atoms with Gasteiger partial charge < -0.3 is 0 Å². The Morgan fingerprint density at radius 2 is 1.96 bits per heavy atom. The lowest BCUT2D eigenvalue weighted by atomic mass is 9.95. The monoisotopic (exact) mass is 325 g/mol. The molecule has 1 aromatic heterocycles. The van der Waals surface area contributed by atoms with Crippen LogP contribution >= 0.6 is 0 Å². The second-order valence-corrected chi connectivity index (χ2v) is 5.95. The van der Waals surface area contributed by atoms with Crippen LogP contribution in [0.5, 0.6) is 0 Å². The number of nitrogens with zero attached hydrogens (tertiary/aromatic N) is 2. The zero-order valence-corrected chi connectivity index (χ0v) is 14.1. The predicted octanol–water partition coefficient (Wildman–Crippen LogP) is 1.86. The number of nitriles is 1. The molecule has 2 aromatic rings. The number of aromatic nitrogens is 2. The maximum absolute atomic E-state index is 13.0. The number of benzene rings is 1. The minimum absolute atomic E-state index is 0.0656. The number of carbonyl (C=O) groups is 1. The molecule has 1 heterocycles. The molecule has 24 heavy (non-hydrogen) atoms. The number of aryl methyl sites for hydroxylation is 1. The van der Waals surface area contributed by atoms with E-state index in [0.717, 1.165) is 10.1 Å². The third kappa shape index (κ3) is 3.06. The van der Waals surface area contributed by atoms with Crippen molar-refractivity contribution in [2.45, 2.75) is 33.1 Å². The van der Waals surface area contributed by atoms with Gasteiger partial charge in [0.2, 0.25) is 5.78 Å². The molecule has 0 aliphatic rings. The topological polar surface area (TPSA) is 95.7 Å². The summed E-state index contributed by atoms with van der Waals surface area (Å²) in [6.45, 7) is 5.50. The highest BCUT2D eigenvalue weighted by atomic mass is 16.2. The molecule has 0 atom stereocenters. The van der Waals surface area contributed by atoms with Gasteiger partial charge in [0.1, 0.15) is 5.69 Å². The van der Waals surface area contributed by atoms with E-state index < -0.39 is 17.0 Å². The van der Waals surface area contributed by atoms with Crippen LogP contribution in [-0.2, 0) is 13.5 Å². The summed E-state index contributed by atoms with van der Waals surface area (Å²) in [5.74, 6) is -0.666. The third-order valence-electron chi connectivity index (χ3n) is 3.95. The summed E-state index contributed by atoms with van der Waals surface area (Å²) in [6, 6.07) is 6.93. The van der Waals surface area contributed by atoms with E-state index in [1.807, 2.05) is 13.0 Å². The quantitative estimate of drug-likeness (QED) is 0.868. The van der Waals surface area contributed by atoms with E-state index >= 15 is 0 Å². The highest BCUT2D eigenvalue weighted by Crippen LogP contribution is 2.19. The number of aromatic amines is 1. The molecule has 0 fully saturated rings. The molecule has 0 saturated carbocycles. The Hall–Kier alpha value is -2.94. The summed E-state index contributed by atoms with van der Waals surface area (Å²) < 4.78 is 1.16. The lowest BCUT2D eigenvalue weighted by molar-refractivity contribution is 0.102. The summed E-state index contributed by atoms with van der Waals surface area (Å²) in [6.07, 6.45) is 0.668. The first-order valence-corrected chi connectivity index (χ1v) is 7.72. The fourth-order valence-electron chi connectivity index (χ4n) is 2.68. The summed E-state index contributed by atoms with van der Waals surface area (Å²) in [4.78, 5) is 39.3. The molecule has 0 saturated heterocycles. The SMILES string of the molecule is CCc1cc(C#N)cc(C(=O)c2c(C(C)C)c(=O)[nH]c(=O)n2C)c1. The van der Waals surface area contributed by atoms with E-state index in [9.17, 15) is 14.4 Å². The molecule has 0 unspecified atom stereocenters. The summed E-state index contributed by atoms with van der Waals surface area (Å²) in [5.41, 5.74) is 0.660. The standard InChI is InChI=1S/C18H19N3O3/c1-5-11-6-12(9-19)8-13(7-11)16(22)15-14(10(2)3)17(23)20-18(24)21(15)4/h6-8,10H,5H2,1-4H3,(H,20,23,24). The molecule has 2 rings (SSSR count). The zero-order valence-electron chi connectivity index (χ0n) is 14.1. The lowest BCUT2D eigenvalue weighted by Gasteiger charge is -2.15. The molecule has 1 aromatic carbocycles. The van der Waals surface area contributed by atoms with Crippen LogP contribution in [0.3, 0.4) is 0 Å². The number of rotatable bonds is 4. The molecule has 124 valence electrons. The van der Waals surface area contributed by atoms with Crippen LogP contribution in [0.1, 0.15) is 59.4 Å². The molecule has 6 nitrogen and oxygen atoms in total. The van der Waals surface area contributed by atoms with Crippen molar-refractivity contribution in [3.05, 3.63) is 67.0 Å². The van der Waals surface area contributed by atoms with Gasteiger partial charge in [0.05, 0.1) is 11.6 Å². The van der Waals surface area contributed by atoms with Crippen LogP contribution < -0.4 is 11.2 Å². The smallest absolute Gasteiger partial charge is 0.293 e. The largest absolute Gasteiger partial charge is 0.328 e. The van der Waals surface area contributed by atoms with Crippen molar-refractivity contribution in [2.24, 2.45) is 7.05 Å². The average Bonchev–Trinajstić information content (AvgIpc) is 2.56. The van der Waals surface area contributed by atoms with Crippen LogP contribution in [0.25, 0.3) is 0 Å². The molecular formula is C18H19N3O3. The maximum atomic E-state index is 13.0. The van der Waals surface area contributed by atoms with E-state index in [2.05, 4.69) is 4.98 Å². The van der Waals surface area contributed by atoms with Crippen molar-refractivity contribution < 1.29 is 4.79 Å². The van der Waals surface area contributed by atoms with Gasteiger partial charge in [-0.1, -0.05) is 20.8 Å². The fourth-order valence-corrected chi connectivity index (χ4v) is 2.68. The molecule has 0 aliphatic heterocycles. The second kappa shape index (κ2) is 6.67. The van der Waals surface area contributed by atoms with Crippen molar-refractivity contribution in [3.63, 3.8) is 0 Å². The van der Waals surface area contributed by atoms with Gasteiger partial charge in [0, 0.05) is 18.2 Å². The zero-order chi connectivity index (χ0) is 18.0. The number of nitrogens with one attached hydrogen (secondary N) is 1. The van der Waals surface area contributed by atoms with Gasteiger partial charge in [-0.2, -0.15) is 5.26 Å². The van der Waals surface area contributed by atoms with Crippen molar-refractivity contribution in [2.75, 3.05) is 0 Å². The van der Waals surface area contributed by atoms with Crippen molar-refractivity contribution >= 4 is 5.78 Å². The van der Waals surface area contributed by atoms with Crippen molar-refractivity contribution in [3.8, 4) is 6.07 Å². The Labute approximate surface area is 139 Å². The Bertz CT molecular complexity index is 959. The van der Waals surface area contributed by atoms with E-state index in [-0.39, 0.29) is 17.2 Å². The molecule has 6 heteroatoms. The van der Waals surface area contributed by atoms with Crippen LogP contribution in [0.15, 0.2) is 27.8 Å². The number of ketones is 1. The first-order chi connectivity index (χ1) is 11.3. The second-order valence-electron chi connectivity index (χ2n) is 5.95. The van der Waals surface area contributed by atoms with E-state index in [4.69, 9.17) is 5.26 Å². The fraction of sp³-hybridized carbons (Fsp3) is 0.333. The Balaban J connectivity index is 2.78. The first-order valence-electron chi connectivity index (χ1n) is 7.72. The molecule has 1 N–H and O–H groups in total. The van der Waals surface area contributed by atoms with Crippen molar-refractivity contribution in [1.82, 2.24) is 9.55 Å². The van der Waals surface area contributed by atoms with E-state index in [1.165, 1.54) is 13.1 Å². The van der Waals surface area contributed by atoms with Crippen LogP contribution in [-0.4, -0.2) is 15.3 Å². The Morgan fingerprint density at radius 1 is 1.29 bits per heavy atom. The number of carbonyl (C=O) groups excluding carboxylic acids is 1. The van der Waals surface area contributed by atoms with Crippen LogP contribution in [0.2, 0.25) is 0 Å². The molecule has 0 bridgehead atoms. The highest BCUT2D eigenvalue weighted by Gasteiger charge is 2.23. The van der Waals surface area contributed by atoms with Crippen LogP contribution in [0, 0.1) is 11.3 Å². The summed E-state index contributed by atoms with van der Waals surface area (Å²) in [7, 11) is 1.45. The third-order valence-corrected chi connectivity index (χ3v) is 3.95. The molecule has 0 amide bonds. The normalized spacial score (nSPS) is 10.7. The minimum Gasteiger partial charge on any atom is -0.293 e. The molecule has 0 aliphatic carbocycles. The number of H-pyrrole nitrogens is 1. The van der Waals surface area contributed by atoms with Crippen LogP contribution in [0.4, 0.5) is 0 Å². The maximum Gasteiger partial charge on any atom is 0.328 e. The molecule has 0 spiro atoms. The number of hydrogen-bond acceptors (Lipinski definition) is 4. The Morgan fingerprint density at radius 3 is 2.50 bits per heavy atom. The van der Waals surface area contributed by atoms with Gasteiger partial charge in [-0.05, 0) is 36.1 Å². The predicted molar refractivity (Wildman–Crippen MR) is 90.4 cm³/mol. The van der Waals surface area contributed by atoms with Gasteiger partial charge in [-0.3, -0.25) is 19.1 Å². The van der Waals surface area contributed by atoms with Crippen molar-refractivity contribution in [1.29, 1.82) is 5.26 Å². The first kappa shape index (κ1) is 17.4. The molecular weight excluding hydrogens is 306 g/mol. The number of hydrogen-bond donors (Lipinski definition) is 1. The summed E-state index contributed by atoms with van der Waals surface area (Å²) >= 11 is 0. The van der Waals surface area contributed by atoms with Gasteiger partial charge in [-0.25, -0.2) is 4.79 Å². The average molecular weight is 325 g/mol. The lowest BCUT2D eigenvalue weighted by Crippen LogP contribution is -2.36. The van der Waals surface area contributed by atoms with Gasteiger partial charge in [0.15, 0.2) is 0 Å². The van der Waals surface area contributed by atoms with Gasteiger partial charge in [-0.15, -0.1) is 0 Å². The van der Waals surface area contributed by atoms with E-state index in [1.54, 1.807) is 26.0 Å².